The van der Waals surface area contributed by atoms with Crippen molar-refractivity contribution in [2.24, 2.45) is 5.41 Å². The molecular weight excluding hydrogens is 292 g/mol. The lowest BCUT2D eigenvalue weighted by atomic mass is 9.75. The van der Waals surface area contributed by atoms with E-state index < -0.39 is 0 Å². The highest BCUT2D eigenvalue weighted by Crippen LogP contribution is 2.46. The van der Waals surface area contributed by atoms with E-state index >= 15 is 0 Å². The molecule has 1 aliphatic carbocycles. The first-order valence-electron chi connectivity index (χ1n) is 4.83. The van der Waals surface area contributed by atoms with Crippen molar-refractivity contribution in [1.82, 2.24) is 0 Å². The van der Waals surface area contributed by atoms with Crippen molar-refractivity contribution in [3.63, 3.8) is 0 Å². The first-order valence-corrected chi connectivity index (χ1v) is 7.66. The van der Waals surface area contributed by atoms with E-state index in [0.717, 1.165) is 20.0 Å². The zero-order valence-electron chi connectivity index (χ0n) is 9.02. The number of carbonyl (C=O) groups is 1. The van der Waals surface area contributed by atoms with Crippen LogP contribution in [0.5, 0.6) is 0 Å². The fraction of sp³-hybridized carbons (Fsp3) is 0.545. The summed E-state index contributed by atoms with van der Waals surface area (Å²) in [6.45, 7) is 4.33. The lowest BCUT2D eigenvalue weighted by Gasteiger charge is -2.29. The van der Waals surface area contributed by atoms with Gasteiger partial charge in [-0.05, 0) is 39.6 Å². The topological polar surface area (TPSA) is 17.1 Å². The smallest absolute Gasteiger partial charge is 0.165 e. The van der Waals surface area contributed by atoms with Gasteiger partial charge in [-0.25, -0.2) is 0 Å². The second-order valence-corrected chi connectivity index (χ2v) is 8.08. The predicted molar refractivity (Wildman–Crippen MR) is 70.2 cm³/mol. The lowest BCUT2D eigenvalue weighted by Crippen LogP contribution is -2.26. The molecule has 0 N–H and O–H groups in total. The number of hydrogen-bond donors (Lipinski definition) is 0. The van der Waals surface area contributed by atoms with Gasteiger partial charge in [0.1, 0.15) is 0 Å². The van der Waals surface area contributed by atoms with Crippen LogP contribution in [0.3, 0.4) is 0 Å². The van der Waals surface area contributed by atoms with Crippen molar-refractivity contribution in [3.05, 3.63) is 14.9 Å². The number of thioether (sulfide) groups is 1. The molecule has 1 aromatic rings. The van der Waals surface area contributed by atoms with Crippen LogP contribution in [0, 0.1) is 5.41 Å². The van der Waals surface area contributed by atoms with Crippen LogP contribution in [0.1, 0.15) is 36.2 Å². The van der Waals surface area contributed by atoms with Crippen LogP contribution >= 0.6 is 39.0 Å². The summed E-state index contributed by atoms with van der Waals surface area (Å²) in [6, 6.07) is 0. The summed E-state index contributed by atoms with van der Waals surface area (Å²) in [4.78, 5) is 12.1. The average Bonchev–Trinajstić information content (AvgIpc) is 2.41. The SMILES string of the molecule is CSc1sc(Br)c2c1C(=O)CC(C)(C)C2. The van der Waals surface area contributed by atoms with Crippen molar-refractivity contribution in [2.45, 2.75) is 30.9 Å². The third kappa shape index (κ3) is 2.04. The molecule has 0 saturated heterocycles. The predicted octanol–water partition coefficient (Wildman–Crippen LogP) is 4.39. The Hall–Kier alpha value is 0.200. The maximum atomic E-state index is 12.1. The monoisotopic (exact) mass is 304 g/mol. The zero-order valence-corrected chi connectivity index (χ0v) is 12.2. The van der Waals surface area contributed by atoms with Gasteiger partial charge in [-0.15, -0.1) is 23.1 Å². The molecule has 1 aliphatic rings. The summed E-state index contributed by atoms with van der Waals surface area (Å²) in [6.07, 6.45) is 3.72. The molecule has 0 amide bonds. The summed E-state index contributed by atoms with van der Waals surface area (Å²) in [5.74, 6) is 0.313. The van der Waals surface area contributed by atoms with Crippen molar-refractivity contribution in [1.29, 1.82) is 0 Å². The number of Topliss-reactive ketones (excluding diaryl/α,β-unsaturated/α-hetero) is 1. The third-order valence-electron chi connectivity index (χ3n) is 2.68. The number of thiophene rings is 1. The van der Waals surface area contributed by atoms with Crippen molar-refractivity contribution in [2.75, 3.05) is 6.26 Å². The van der Waals surface area contributed by atoms with Crippen LogP contribution in [-0.2, 0) is 6.42 Å². The number of hydrogen-bond acceptors (Lipinski definition) is 3. The maximum Gasteiger partial charge on any atom is 0.165 e. The highest BCUT2D eigenvalue weighted by molar-refractivity contribution is 9.11. The Balaban J connectivity index is 2.56. The number of ketones is 1. The molecule has 15 heavy (non-hydrogen) atoms. The average molecular weight is 305 g/mol. The number of halogens is 1. The first kappa shape index (κ1) is 11.7. The van der Waals surface area contributed by atoms with Gasteiger partial charge in [0.05, 0.1) is 8.00 Å². The molecule has 82 valence electrons. The normalized spacial score (nSPS) is 19.1. The standard InChI is InChI=1S/C11H13BrOS2/c1-11(2)4-6-8(7(13)5-11)10(14-3)15-9(6)12/h4-5H2,1-3H3. The molecule has 0 unspecified atom stereocenters. The van der Waals surface area contributed by atoms with Gasteiger partial charge in [0.15, 0.2) is 5.78 Å². The molecule has 0 aromatic carbocycles. The molecule has 0 spiro atoms. The summed E-state index contributed by atoms with van der Waals surface area (Å²) in [5, 5.41) is 0. The van der Waals surface area contributed by atoms with E-state index in [2.05, 4.69) is 29.8 Å². The van der Waals surface area contributed by atoms with E-state index in [1.807, 2.05) is 6.26 Å². The Labute approximate surface area is 107 Å². The van der Waals surface area contributed by atoms with Crippen LogP contribution in [0.4, 0.5) is 0 Å². The molecule has 1 heterocycles. The Morgan fingerprint density at radius 3 is 2.67 bits per heavy atom. The van der Waals surface area contributed by atoms with Crippen LogP contribution in [0.15, 0.2) is 8.00 Å². The van der Waals surface area contributed by atoms with E-state index in [9.17, 15) is 4.79 Å². The fourth-order valence-corrected chi connectivity index (χ4v) is 5.03. The molecule has 4 heteroatoms. The van der Waals surface area contributed by atoms with Gasteiger partial charge >= 0.3 is 0 Å². The summed E-state index contributed by atoms with van der Waals surface area (Å²) in [7, 11) is 0. The summed E-state index contributed by atoms with van der Waals surface area (Å²) >= 11 is 6.95. The molecular formula is C11H13BrOS2. The van der Waals surface area contributed by atoms with Crippen LogP contribution < -0.4 is 0 Å². The maximum absolute atomic E-state index is 12.1. The molecule has 0 fully saturated rings. The van der Waals surface area contributed by atoms with Crippen molar-refractivity contribution >= 4 is 44.8 Å². The van der Waals surface area contributed by atoms with Gasteiger partial charge in [-0.3, -0.25) is 4.79 Å². The fourth-order valence-electron chi connectivity index (χ4n) is 2.06. The summed E-state index contributed by atoms with van der Waals surface area (Å²) < 4.78 is 2.31. The summed E-state index contributed by atoms with van der Waals surface area (Å²) in [5.41, 5.74) is 2.33. The highest BCUT2D eigenvalue weighted by atomic mass is 79.9. The van der Waals surface area contributed by atoms with Crippen molar-refractivity contribution < 1.29 is 4.79 Å². The largest absolute Gasteiger partial charge is 0.294 e. The molecule has 0 radical (unpaired) electrons. The van der Waals surface area contributed by atoms with Crippen LogP contribution in [0.2, 0.25) is 0 Å². The molecule has 0 bridgehead atoms. The van der Waals surface area contributed by atoms with E-state index in [0.29, 0.717) is 12.2 Å². The van der Waals surface area contributed by atoms with Gasteiger partial charge in [0, 0.05) is 12.0 Å². The molecule has 1 nitrogen and oxygen atoms in total. The van der Waals surface area contributed by atoms with Gasteiger partial charge in [-0.2, -0.15) is 0 Å². The first-order chi connectivity index (χ1) is 6.94. The minimum atomic E-state index is 0.114. The molecule has 0 saturated carbocycles. The number of carbonyl (C=O) groups excluding carboxylic acids is 1. The number of fused-ring (bicyclic) bond motifs is 1. The van der Waals surface area contributed by atoms with E-state index in [1.165, 1.54) is 5.56 Å². The van der Waals surface area contributed by atoms with E-state index in [1.54, 1.807) is 23.1 Å². The van der Waals surface area contributed by atoms with E-state index in [-0.39, 0.29) is 5.41 Å². The Bertz CT molecular complexity index is 420. The zero-order chi connectivity index (χ0) is 11.2. The Kier molecular flexibility index (Phi) is 3.03. The number of rotatable bonds is 1. The van der Waals surface area contributed by atoms with Gasteiger partial charge in [0.25, 0.3) is 0 Å². The molecule has 0 atom stereocenters. The molecule has 1 aromatic heterocycles. The van der Waals surface area contributed by atoms with Crippen molar-refractivity contribution in [3.8, 4) is 0 Å². The highest BCUT2D eigenvalue weighted by Gasteiger charge is 2.35. The van der Waals surface area contributed by atoms with Gasteiger partial charge in [0.2, 0.25) is 0 Å². The Morgan fingerprint density at radius 2 is 2.07 bits per heavy atom. The lowest BCUT2D eigenvalue weighted by molar-refractivity contribution is 0.0910. The van der Waals surface area contributed by atoms with E-state index in [4.69, 9.17) is 0 Å². The van der Waals surface area contributed by atoms with Gasteiger partial charge in [-0.1, -0.05) is 13.8 Å². The minimum absolute atomic E-state index is 0.114. The second kappa shape index (κ2) is 3.90. The third-order valence-corrected chi connectivity index (χ3v) is 5.79. The van der Waals surface area contributed by atoms with Crippen LogP contribution in [0.25, 0.3) is 0 Å². The Morgan fingerprint density at radius 1 is 1.40 bits per heavy atom. The minimum Gasteiger partial charge on any atom is -0.294 e. The molecule has 0 aliphatic heterocycles. The molecule has 2 rings (SSSR count). The van der Waals surface area contributed by atoms with Crippen LogP contribution in [-0.4, -0.2) is 12.0 Å². The second-order valence-electron chi connectivity index (χ2n) is 4.66. The quantitative estimate of drug-likeness (QED) is 0.716. The van der Waals surface area contributed by atoms with Gasteiger partial charge < -0.3 is 0 Å².